The number of carboxylic acid groups (broad SMARTS) is 1. The Kier molecular flexibility index (Phi) is 4.11. The molecule has 0 aliphatic heterocycles. The summed E-state index contributed by atoms with van der Waals surface area (Å²) >= 11 is 0. The van der Waals surface area contributed by atoms with Gasteiger partial charge in [-0.1, -0.05) is 66.1 Å². The van der Waals surface area contributed by atoms with E-state index in [1.807, 2.05) is 0 Å². The van der Waals surface area contributed by atoms with Crippen molar-refractivity contribution in [1.82, 2.24) is 5.32 Å². The van der Waals surface area contributed by atoms with E-state index in [1.165, 1.54) is 30.3 Å². The monoisotopic (exact) mass is 398 g/mol. The lowest BCUT2D eigenvalue weighted by molar-refractivity contribution is 0.0697. The van der Waals surface area contributed by atoms with Crippen molar-refractivity contribution in [3.05, 3.63) is 95.0 Å². The second-order valence-corrected chi connectivity index (χ2v) is 6.39. The molecule has 3 aromatic rings. The van der Waals surface area contributed by atoms with Gasteiger partial charge in [0.1, 0.15) is 0 Å². The van der Waals surface area contributed by atoms with E-state index in [9.17, 15) is 15.0 Å². The Balaban J connectivity index is 1.97. The molecule has 0 aliphatic carbocycles. The zero-order valence-electron chi connectivity index (χ0n) is 24.8. The van der Waals surface area contributed by atoms with Crippen LogP contribution in [0, 0.1) is 6.92 Å². The third kappa shape index (κ3) is 6.01. The summed E-state index contributed by atoms with van der Waals surface area (Å²) in [5.41, 5.74) is 0.434. The first kappa shape index (κ1) is 11.9. The van der Waals surface area contributed by atoms with Crippen molar-refractivity contribution in [2.75, 3.05) is 13.0 Å². The number of carbonyl (C=O) groups is 1. The van der Waals surface area contributed by atoms with Gasteiger partial charge in [0, 0.05) is 12.0 Å². The van der Waals surface area contributed by atoms with Crippen LogP contribution in [-0.2, 0) is 6.42 Å². The second kappa shape index (κ2) is 10.0. The Morgan fingerprint density at radius 2 is 2.03 bits per heavy atom. The van der Waals surface area contributed by atoms with E-state index in [1.54, 1.807) is 25.1 Å². The molecule has 0 radical (unpaired) electrons. The minimum atomic E-state index is -2.85. The predicted molar refractivity (Wildman–Crippen MR) is 116 cm³/mol. The molecule has 150 valence electrons. The summed E-state index contributed by atoms with van der Waals surface area (Å²) < 4.78 is 75.0. The minimum absolute atomic E-state index is 0.119. The van der Waals surface area contributed by atoms with Crippen LogP contribution < -0.4 is 5.32 Å². The topological polar surface area (TPSA) is 69.6 Å². The first-order valence-corrected chi connectivity index (χ1v) is 8.96. The molecule has 0 saturated heterocycles. The number of aromatic carboxylic acids is 1. The smallest absolute Gasteiger partial charge is 0.335 e. The molecule has 4 heteroatoms. The molecule has 0 heterocycles. The molecule has 0 spiro atoms. The molecule has 3 aromatic carbocycles. The van der Waals surface area contributed by atoms with Crippen molar-refractivity contribution in [3.8, 4) is 11.1 Å². The van der Waals surface area contributed by atoms with E-state index in [2.05, 4.69) is 5.32 Å². The molecule has 0 aliphatic rings. The van der Waals surface area contributed by atoms with Gasteiger partial charge < -0.3 is 15.5 Å². The number of nitrogens with one attached hydrogen (secondary N) is 1. The fourth-order valence-electron chi connectivity index (χ4n) is 2.67. The third-order valence-electron chi connectivity index (χ3n) is 4.12. The van der Waals surface area contributed by atoms with Crippen LogP contribution in [0.25, 0.3) is 11.1 Å². The molecule has 0 fully saturated rings. The standard InChI is InChI=1S/C25H27NO3/c1-18-6-2-11-22(14-18)24(27)17-26-13-5-8-19-7-3-9-20(15-19)21-10-4-12-23(16-21)25(28)29/h2-4,6-7,9-12,14-16,24,26-27H,5,8,13,17H2,1H3,(H,28,29)/t24-/m0/s1/i3D,5D2,7D,9D,13D2,15D,24D. The van der Waals surface area contributed by atoms with Crippen molar-refractivity contribution in [3.63, 3.8) is 0 Å². The lowest BCUT2D eigenvalue weighted by Gasteiger charge is -2.13. The Labute approximate surface area is 184 Å². The number of aliphatic hydroxyl groups is 1. The summed E-state index contributed by atoms with van der Waals surface area (Å²) in [4.78, 5) is 11.4. The first-order chi connectivity index (χ1) is 17.5. The minimum Gasteiger partial charge on any atom is -0.478 e. The molecule has 29 heavy (non-hydrogen) atoms. The molecular weight excluding hydrogens is 362 g/mol. The first-order valence-electron chi connectivity index (χ1n) is 13.5. The molecule has 0 unspecified atom stereocenters. The summed E-state index contributed by atoms with van der Waals surface area (Å²) in [7, 11) is 0. The molecule has 1 atom stereocenters. The Bertz CT molecular complexity index is 1380. The largest absolute Gasteiger partial charge is 0.478 e. The van der Waals surface area contributed by atoms with Gasteiger partial charge in [-0.2, -0.15) is 0 Å². The number of carboxylic acids is 1. The SMILES string of the molecule is [2H]c1c([2H])c(CC([2H])([2H])C([2H])([2H])NC[C@]([2H])(O)c2cccc(C)c2)c([2H])c(-c2cccc(C(=O)O)c2)c1[2H]. The normalized spacial score (nSPS) is 18.5. The molecule has 0 amide bonds. The van der Waals surface area contributed by atoms with Gasteiger partial charge in [0.2, 0.25) is 0 Å². The average molecular weight is 399 g/mol. The molecule has 3 N–H and O–H groups in total. The lowest BCUT2D eigenvalue weighted by atomic mass is 9.99. The van der Waals surface area contributed by atoms with Crippen molar-refractivity contribution in [2.24, 2.45) is 0 Å². The van der Waals surface area contributed by atoms with Crippen molar-refractivity contribution >= 4 is 5.97 Å². The van der Waals surface area contributed by atoms with E-state index in [0.29, 0.717) is 0 Å². The van der Waals surface area contributed by atoms with Gasteiger partial charge in [-0.25, -0.2) is 4.79 Å². The molecule has 0 aromatic heterocycles. The van der Waals surface area contributed by atoms with Crippen LogP contribution in [0.1, 0.15) is 51.8 Å². The zero-order valence-corrected chi connectivity index (χ0v) is 15.8. The van der Waals surface area contributed by atoms with E-state index in [-0.39, 0.29) is 27.8 Å². The van der Waals surface area contributed by atoms with Gasteiger partial charge in [0.05, 0.1) is 18.5 Å². The predicted octanol–water partition coefficient (Wildman–Crippen LogP) is 4.62. The number of rotatable bonds is 9. The number of hydrogen-bond acceptors (Lipinski definition) is 3. The molecular formula is C25H27NO3. The highest BCUT2D eigenvalue weighted by Gasteiger charge is 2.07. The van der Waals surface area contributed by atoms with Crippen molar-refractivity contribution < 1.29 is 27.3 Å². The molecule has 0 bridgehead atoms. The number of benzene rings is 3. The van der Waals surface area contributed by atoms with Crippen LogP contribution in [0.2, 0.25) is 0 Å². The van der Waals surface area contributed by atoms with E-state index in [0.717, 1.165) is 5.56 Å². The van der Waals surface area contributed by atoms with Crippen LogP contribution in [0.3, 0.4) is 0 Å². The van der Waals surface area contributed by atoms with E-state index in [4.69, 9.17) is 12.3 Å². The Morgan fingerprint density at radius 3 is 2.83 bits per heavy atom. The summed E-state index contributed by atoms with van der Waals surface area (Å²) in [6.07, 6.45) is -5.92. The van der Waals surface area contributed by atoms with Gasteiger partial charge in [-0.3, -0.25) is 0 Å². The van der Waals surface area contributed by atoms with Gasteiger partial charge in [0.15, 0.2) is 0 Å². The van der Waals surface area contributed by atoms with Gasteiger partial charge >= 0.3 is 5.97 Å². The zero-order chi connectivity index (χ0) is 28.6. The average Bonchev–Trinajstić information content (AvgIpc) is 2.84. The van der Waals surface area contributed by atoms with Gasteiger partial charge in [-0.15, -0.1) is 0 Å². The Morgan fingerprint density at radius 1 is 1.21 bits per heavy atom. The van der Waals surface area contributed by atoms with E-state index >= 15 is 0 Å². The molecule has 4 nitrogen and oxygen atoms in total. The van der Waals surface area contributed by atoms with Crippen LogP contribution in [0.4, 0.5) is 0 Å². The highest BCUT2D eigenvalue weighted by Crippen LogP contribution is 2.22. The fourth-order valence-corrected chi connectivity index (χ4v) is 2.67. The van der Waals surface area contributed by atoms with Crippen LogP contribution in [0.5, 0.6) is 0 Å². The van der Waals surface area contributed by atoms with Gasteiger partial charge in [-0.05, 0) is 60.6 Å². The third-order valence-corrected chi connectivity index (χ3v) is 4.12. The molecule has 3 rings (SSSR count). The van der Waals surface area contributed by atoms with Crippen LogP contribution >= 0.6 is 0 Å². The maximum absolute atomic E-state index is 11.4. The van der Waals surface area contributed by atoms with Crippen LogP contribution in [0.15, 0.2) is 72.7 Å². The number of aryl methyl sites for hydroxylation is 1. The van der Waals surface area contributed by atoms with Gasteiger partial charge in [0.25, 0.3) is 0 Å². The highest BCUT2D eigenvalue weighted by atomic mass is 16.4. The fraction of sp³-hybridized carbons (Fsp3) is 0.240. The quantitative estimate of drug-likeness (QED) is 0.492. The number of hydrogen-bond donors (Lipinski definition) is 3. The summed E-state index contributed by atoms with van der Waals surface area (Å²) in [5, 5.41) is 22.1. The molecule has 0 saturated carbocycles. The second-order valence-electron chi connectivity index (χ2n) is 6.39. The maximum Gasteiger partial charge on any atom is 0.335 e. The van der Waals surface area contributed by atoms with E-state index < -0.39 is 62.1 Å². The summed E-state index contributed by atoms with van der Waals surface area (Å²) in [5.74, 6) is -1.25. The maximum atomic E-state index is 11.4. The van der Waals surface area contributed by atoms with Crippen molar-refractivity contribution in [1.29, 1.82) is 0 Å². The summed E-state index contributed by atoms with van der Waals surface area (Å²) in [6, 6.07) is 9.54. The van der Waals surface area contributed by atoms with Crippen LogP contribution in [-0.4, -0.2) is 29.2 Å². The Hall–Kier alpha value is -2.95. The lowest BCUT2D eigenvalue weighted by Crippen LogP contribution is -2.22. The van der Waals surface area contributed by atoms with Crippen molar-refractivity contribution in [2.45, 2.75) is 25.8 Å². The highest BCUT2D eigenvalue weighted by molar-refractivity contribution is 5.89. The summed E-state index contributed by atoms with van der Waals surface area (Å²) in [6.45, 7) is -1.76.